The summed E-state index contributed by atoms with van der Waals surface area (Å²) in [5.74, 6) is -3.91. The summed E-state index contributed by atoms with van der Waals surface area (Å²) in [4.78, 5) is 58.1. The highest BCUT2D eigenvalue weighted by Gasteiger charge is 2.69. The number of aliphatic hydroxyl groups excluding tert-OH is 1. The summed E-state index contributed by atoms with van der Waals surface area (Å²) in [5, 5.41) is 11.1. The largest absolute Gasteiger partial charge is 0.503 e. The van der Waals surface area contributed by atoms with Crippen LogP contribution in [0.25, 0.3) is 6.08 Å². The lowest BCUT2D eigenvalue weighted by molar-refractivity contribution is -0.138. The molecule has 1 N–H and O–H groups in total. The van der Waals surface area contributed by atoms with E-state index in [9.17, 15) is 24.3 Å². The molecule has 0 fully saturated rings. The van der Waals surface area contributed by atoms with Crippen LogP contribution in [-0.4, -0.2) is 41.3 Å². The highest BCUT2D eigenvalue weighted by Crippen LogP contribution is 2.54. The molecule has 2 amide bonds. The van der Waals surface area contributed by atoms with E-state index in [-0.39, 0.29) is 28.9 Å². The van der Waals surface area contributed by atoms with Gasteiger partial charge in [-0.3, -0.25) is 24.2 Å². The molecule has 39 heavy (non-hydrogen) atoms. The summed E-state index contributed by atoms with van der Waals surface area (Å²) in [6.07, 6.45) is 5.89. The second-order valence-electron chi connectivity index (χ2n) is 11.0. The van der Waals surface area contributed by atoms with Crippen molar-refractivity contribution in [2.24, 2.45) is 5.41 Å². The van der Waals surface area contributed by atoms with E-state index in [0.717, 1.165) is 29.6 Å². The number of carbonyl (C=O) groups is 4. The van der Waals surface area contributed by atoms with Crippen LogP contribution < -0.4 is 9.80 Å². The number of para-hydroxylation sites is 1. The molecule has 4 aliphatic rings. The molecule has 1 spiro atoms. The van der Waals surface area contributed by atoms with Gasteiger partial charge in [0.2, 0.25) is 0 Å². The Morgan fingerprint density at radius 1 is 1.00 bits per heavy atom. The van der Waals surface area contributed by atoms with Crippen LogP contribution in [0.5, 0.6) is 0 Å². The Hall–Kier alpha value is -4.46. The van der Waals surface area contributed by atoms with Gasteiger partial charge in [0.15, 0.2) is 17.1 Å². The number of hydrogen-bond donors (Lipinski definition) is 1. The molecule has 198 valence electrons. The van der Waals surface area contributed by atoms with E-state index < -0.39 is 34.7 Å². The first kappa shape index (κ1) is 24.9. The number of ether oxygens (including phenoxy) is 1. The third-order valence-electron chi connectivity index (χ3n) is 8.03. The topological polar surface area (TPSA) is 104 Å². The molecule has 8 heteroatoms. The van der Waals surface area contributed by atoms with Crippen LogP contribution in [0.3, 0.4) is 0 Å². The molecule has 2 aromatic carbocycles. The summed E-state index contributed by atoms with van der Waals surface area (Å²) in [6, 6.07) is 14.0. The Morgan fingerprint density at radius 2 is 1.74 bits per heavy atom. The smallest absolute Gasteiger partial charge is 0.341 e. The Labute approximate surface area is 225 Å². The monoisotopic (exact) mass is 524 g/mol. The quantitative estimate of drug-likeness (QED) is 0.597. The van der Waals surface area contributed by atoms with Gasteiger partial charge in [-0.05, 0) is 48.4 Å². The van der Waals surface area contributed by atoms with E-state index in [1.807, 2.05) is 24.3 Å². The molecule has 1 atom stereocenters. The minimum absolute atomic E-state index is 0.0399. The number of amides is 2. The maximum Gasteiger partial charge on any atom is 0.341 e. The lowest BCUT2D eigenvalue weighted by Crippen LogP contribution is -2.59. The summed E-state index contributed by atoms with van der Waals surface area (Å²) in [7, 11) is 1.11. The zero-order valence-electron chi connectivity index (χ0n) is 22.0. The number of aliphatic hydroxyl groups is 1. The molecule has 2 aliphatic carbocycles. The number of allylic oxidation sites excluding steroid dienone is 2. The van der Waals surface area contributed by atoms with Crippen molar-refractivity contribution in [3.63, 3.8) is 0 Å². The maximum absolute atomic E-state index is 14.9. The minimum atomic E-state index is -2.19. The number of rotatable bonds is 3. The first-order valence-corrected chi connectivity index (χ1v) is 13.0. The number of esters is 1. The van der Waals surface area contributed by atoms with Crippen LogP contribution >= 0.6 is 0 Å². The zero-order valence-corrected chi connectivity index (χ0v) is 22.0. The Bertz CT molecular complexity index is 1560. The molecule has 2 aromatic rings. The fourth-order valence-electron chi connectivity index (χ4n) is 6.43. The highest BCUT2D eigenvalue weighted by atomic mass is 16.5. The fourth-order valence-corrected chi connectivity index (χ4v) is 6.43. The molecule has 0 saturated heterocycles. The van der Waals surface area contributed by atoms with Gasteiger partial charge in [-0.2, -0.15) is 0 Å². The number of carbonyl (C=O) groups excluding carboxylic acids is 4. The van der Waals surface area contributed by atoms with Gasteiger partial charge < -0.3 is 9.84 Å². The van der Waals surface area contributed by atoms with Crippen molar-refractivity contribution in [1.82, 2.24) is 0 Å². The second kappa shape index (κ2) is 8.53. The van der Waals surface area contributed by atoms with E-state index in [0.29, 0.717) is 24.2 Å². The van der Waals surface area contributed by atoms with Gasteiger partial charge in [0.25, 0.3) is 11.8 Å². The molecule has 0 aromatic heterocycles. The van der Waals surface area contributed by atoms with Crippen LogP contribution in [0.1, 0.15) is 44.2 Å². The van der Waals surface area contributed by atoms with Gasteiger partial charge in [-0.25, -0.2) is 4.79 Å². The Morgan fingerprint density at radius 3 is 2.46 bits per heavy atom. The van der Waals surface area contributed by atoms with E-state index in [2.05, 4.69) is 19.9 Å². The van der Waals surface area contributed by atoms with E-state index >= 15 is 0 Å². The summed E-state index contributed by atoms with van der Waals surface area (Å²) >= 11 is 0. The molecular weight excluding hydrogens is 496 g/mol. The van der Waals surface area contributed by atoms with Gasteiger partial charge >= 0.3 is 5.97 Å². The number of anilines is 2. The Kier molecular flexibility index (Phi) is 5.43. The fraction of sp³-hybridized carbons (Fsp3) is 0.290. The number of hydrogen-bond acceptors (Lipinski definition) is 6. The van der Waals surface area contributed by atoms with Crippen molar-refractivity contribution >= 4 is 41.0 Å². The van der Waals surface area contributed by atoms with Crippen LogP contribution in [0, 0.1) is 5.41 Å². The third-order valence-corrected chi connectivity index (χ3v) is 8.03. The summed E-state index contributed by atoms with van der Waals surface area (Å²) in [5.41, 5.74) is 0.415. The predicted molar refractivity (Wildman–Crippen MR) is 145 cm³/mol. The molecule has 2 heterocycles. The van der Waals surface area contributed by atoms with Crippen molar-refractivity contribution < 1.29 is 29.0 Å². The first-order chi connectivity index (χ1) is 18.6. The second-order valence-corrected chi connectivity index (χ2v) is 11.0. The van der Waals surface area contributed by atoms with Crippen molar-refractivity contribution in [3.8, 4) is 0 Å². The minimum Gasteiger partial charge on any atom is -0.503 e. The molecule has 2 aliphatic heterocycles. The number of ketones is 1. The van der Waals surface area contributed by atoms with Gasteiger partial charge in [0, 0.05) is 23.4 Å². The van der Waals surface area contributed by atoms with Crippen LogP contribution in [-0.2, 0) is 30.3 Å². The van der Waals surface area contributed by atoms with Crippen LogP contribution in [0.2, 0.25) is 0 Å². The van der Waals surface area contributed by atoms with Gasteiger partial charge in [-0.1, -0.05) is 56.3 Å². The van der Waals surface area contributed by atoms with Gasteiger partial charge in [-0.15, -0.1) is 0 Å². The average Bonchev–Trinajstić information content (AvgIpc) is 3.30. The standard InChI is InChI=1S/C31H28N2O6/c1-30(2)16-15-20-18(17-30)9-7-12-21(20)32-22-13-8-14-23(34)24(22)31(29(32)38)25(28(37)39-3)26(35)27(36)33(31)19-10-5-4-6-11-19/h4-7,9-12,15-16,35H,8,13-14,17H2,1-3H3. The molecule has 8 nitrogen and oxygen atoms in total. The molecular formula is C31H28N2O6. The highest BCUT2D eigenvalue weighted by molar-refractivity contribution is 6.33. The van der Waals surface area contributed by atoms with E-state index in [1.165, 1.54) is 4.90 Å². The van der Waals surface area contributed by atoms with Crippen molar-refractivity contribution in [2.75, 3.05) is 16.9 Å². The zero-order chi connectivity index (χ0) is 27.7. The number of benzene rings is 2. The van der Waals surface area contributed by atoms with Crippen molar-refractivity contribution in [1.29, 1.82) is 0 Å². The third kappa shape index (κ3) is 3.30. The SMILES string of the molecule is COC(=O)C1=C(O)C(=O)N(c2ccccc2)C12C(=O)N(c1cccc3c1C=CC(C)(C)C3)C1=C2C(=O)CCC1. The van der Waals surface area contributed by atoms with Gasteiger partial charge in [0.1, 0.15) is 5.57 Å². The van der Waals surface area contributed by atoms with Crippen molar-refractivity contribution in [3.05, 3.63) is 88.3 Å². The number of methoxy groups -OCH3 is 1. The molecule has 0 saturated carbocycles. The van der Waals surface area contributed by atoms with Crippen LogP contribution in [0.4, 0.5) is 11.4 Å². The van der Waals surface area contributed by atoms with E-state index in [1.54, 1.807) is 30.3 Å². The molecule has 1 unspecified atom stereocenters. The normalized spacial score (nSPS) is 23.6. The molecule has 6 rings (SSSR count). The average molecular weight is 525 g/mol. The summed E-state index contributed by atoms with van der Waals surface area (Å²) in [6.45, 7) is 4.27. The lowest BCUT2D eigenvalue weighted by Gasteiger charge is -2.37. The van der Waals surface area contributed by atoms with E-state index in [4.69, 9.17) is 4.74 Å². The molecule has 0 bridgehead atoms. The Balaban J connectivity index is 1.67. The first-order valence-electron chi connectivity index (χ1n) is 13.0. The van der Waals surface area contributed by atoms with Gasteiger partial charge in [0.05, 0.1) is 18.4 Å². The number of nitrogens with zero attached hydrogens (tertiary/aromatic N) is 2. The predicted octanol–water partition coefficient (Wildman–Crippen LogP) is 4.41. The summed E-state index contributed by atoms with van der Waals surface area (Å²) < 4.78 is 4.99. The maximum atomic E-state index is 14.9. The van der Waals surface area contributed by atoms with Crippen molar-refractivity contribution in [2.45, 2.75) is 45.1 Å². The molecule has 0 radical (unpaired) electrons. The number of Topliss-reactive ketones (excluding diaryl/α,β-unsaturated/α-hetero) is 1. The number of fused-ring (bicyclic) bond motifs is 2. The lowest BCUT2D eigenvalue weighted by atomic mass is 9.77. The van der Waals surface area contributed by atoms with Crippen LogP contribution in [0.15, 0.2) is 77.2 Å².